The number of rotatable bonds is 3. The summed E-state index contributed by atoms with van der Waals surface area (Å²) in [6, 6.07) is 11.0. The number of hydrogen-bond acceptors (Lipinski definition) is 0. The lowest BCUT2D eigenvalue weighted by atomic mass is 9.99. The van der Waals surface area contributed by atoms with Gasteiger partial charge in [-0.2, -0.15) is 0 Å². The van der Waals surface area contributed by atoms with E-state index >= 15 is 0 Å². The van der Waals surface area contributed by atoms with Crippen LogP contribution in [0, 0.1) is 17.8 Å². The fourth-order valence-corrected chi connectivity index (χ4v) is 2.84. The highest BCUT2D eigenvalue weighted by molar-refractivity contribution is 5.28. The molecule has 0 bridgehead atoms. The van der Waals surface area contributed by atoms with Gasteiger partial charge < -0.3 is 0 Å². The Morgan fingerprint density at radius 1 is 1.21 bits per heavy atom. The Balaban J connectivity index is 2.09. The van der Waals surface area contributed by atoms with E-state index in [1.165, 1.54) is 6.42 Å². The van der Waals surface area contributed by atoms with E-state index in [-0.39, 0.29) is 0 Å². The first kappa shape index (κ1) is 9.76. The molecule has 0 radical (unpaired) electrons. The Morgan fingerprint density at radius 3 is 2.43 bits per heavy atom. The van der Waals surface area contributed by atoms with E-state index in [0.717, 1.165) is 23.7 Å². The molecule has 1 fully saturated rings. The zero-order chi connectivity index (χ0) is 10.1. The second-order valence-electron chi connectivity index (χ2n) is 4.76. The van der Waals surface area contributed by atoms with E-state index in [9.17, 15) is 0 Å². The summed E-state index contributed by atoms with van der Waals surface area (Å²) in [5, 5.41) is 0. The average molecular weight is 188 g/mol. The Kier molecular flexibility index (Phi) is 2.62. The molecule has 14 heavy (non-hydrogen) atoms. The summed E-state index contributed by atoms with van der Waals surface area (Å²) in [6.07, 6.45) is 1.32. The molecule has 0 heterocycles. The van der Waals surface area contributed by atoms with Crippen LogP contribution in [0.4, 0.5) is 0 Å². The molecule has 1 aliphatic rings. The van der Waals surface area contributed by atoms with Crippen LogP contribution in [0.2, 0.25) is 0 Å². The van der Waals surface area contributed by atoms with Crippen LogP contribution in [0.1, 0.15) is 38.7 Å². The third-order valence-corrected chi connectivity index (χ3v) is 3.93. The predicted molar refractivity (Wildman–Crippen MR) is 61.3 cm³/mol. The normalized spacial score (nSPS) is 32.6. The average Bonchev–Trinajstić information content (AvgIpc) is 2.90. The van der Waals surface area contributed by atoms with Crippen LogP contribution in [0.25, 0.3) is 0 Å². The lowest BCUT2D eigenvalue weighted by molar-refractivity contribution is 0.463. The SMILES string of the molecule is CCC(C)C1C(C)C1c1ccccc1. The van der Waals surface area contributed by atoms with E-state index in [2.05, 4.69) is 51.1 Å². The largest absolute Gasteiger partial charge is 0.0651 e. The van der Waals surface area contributed by atoms with Crippen molar-refractivity contribution >= 4 is 0 Å². The van der Waals surface area contributed by atoms with Crippen LogP contribution >= 0.6 is 0 Å². The zero-order valence-corrected chi connectivity index (χ0v) is 9.40. The van der Waals surface area contributed by atoms with Crippen molar-refractivity contribution in [1.29, 1.82) is 0 Å². The molecule has 1 saturated carbocycles. The van der Waals surface area contributed by atoms with Crippen molar-refractivity contribution in [3.63, 3.8) is 0 Å². The first-order valence-corrected chi connectivity index (χ1v) is 5.80. The molecule has 0 N–H and O–H groups in total. The minimum atomic E-state index is 0.839. The minimum absolute atomic E-state index is 0.839. The summed E-state index contributed by atoms with van der Waals surface area (Å²) in [5.74, 6) is 3.55. The van der Waals surface area contributed by atoms with Gasteiger partial charge in [0, 0.05) is 0 Å². The van der Waals surface area contributed by atoms with Crippen LogP contribution in [-0.2, 0) is 0 Å². The molecule has 0 amide bonds. The van der Waals surface area contributed by atoms with Crippen LogP contribution in [0.3, 0.4) is 0 Å². The van der Waals surface area contributed by atoms with E-state index in [0.29, 0.717) is 0 Å². The quantitative estimate of drug-likeness (QED) is 0.670. The smallest absolute Gasteiger partial charge is 0.00996 e. The monoisotopic (exact) mass is 188 g/mol. The molecule has 76 valence electrons. The molecule has 0 spiro atoms. The predicted octanol–water partition coefficient (Wildman–Crippen LogP) is 4.08. The van der Waals surface area contributed by atoms with Gasteiger partial charge in [0.15, 0.2) is 0 Å². The molecule has 0 aliphatic heterocycles. The van der Waals surface area contributed by atoms with Gasteiger partial charge in [0.25, 0.3) is 0 Å². The van der Waals surface area contributed by atoms with Gasteiger partial charge in [-0.3, -0.25) is 0 Å². The molecule has 1 aromatic carbocycles. The summed E-state index contributed by atoms with van der Waals surface area (Å²) < 4.78 is 0. The highest BCUT2D eigenvalue weighted by Gasteiger charge is 2.49. The first-order chi connectivity index (χ1) is 6.75. The van der Waals surface area contributed by atoms with Crippen LogP contribution < -0.4 is 0 Å². The van der Waals surface area contributed by atoms with Crippen molar-refractivity contribution in [3.8, 4) is 0 Å². The van der Waals surface area contributed by atoms with Crippen LogP contribution in [0.15, 0.2) is 30.3 Å². The summed E-state index contributed by atoms with van der Waals surface area (Å²) in [6.45, 7) is 7.09. The molecular weight excluding hydrogens is 168 g/mol. The molecule has 1 aromatic rings. The van der Waals surface area contributed by atoms with Gasteiger partial charge in [0.2, 0.25) is 0 Å². The lowest BCUT2D eigenvalue weighted by Crippen LogP contribution is -1.97. The lowest BCUT2D eigenvalue weighted by Gasteiger charge is -2.07. The van der Waals surface area contributed by atoms with E-state index in [1.54, 1.807) is 5.56 Å². The third kappa shape index (κ3) is 1.58. The maximum Gasteiger partial charge on any atom is -0.00996 e. The molecule has 0 heteroatoms. The van der Waals surface area contributed by atoms with E-state index < -0.39 is 0 Å². The fourth-order valence-electron chi connectivity index (χ4n) is 2.84. The van der Waals surface area contributed by atoms with Gasteiger partial charge in [-0.15, -0.1) is 0 Å². The van der Waals surface area contributed by atoms with Gasteiger partial charge in [-0.05, 0) is 29.2 Å². The molecular formula is C14H20. The highest BCUT2D eigenvalue weighted by Crippen LogP contribution is 2.57. The van der Waals surface area contributed by atoms with Crippen molar-refractivity contribution in [3.05, 3.63) is 35.9 Å². The third-order valence-electron chi connectivity index (χ3n) is 3.93. The summed E-state index contributed by atoms with van der Waals surface area (Å²) in [4.78, 5) is 0. The number of benzene rings is 1. The van der Waals surface area contributed by atoms with E-state index in [4.69, 9.17) is 0 Å². The zero-order valence-electron chi connectivity index (χ0n) is 9.40. The summed E-state index contributed by atoms with van der Waals surface area (Å²) in [5.41, 5.74) is 1.55. The van der Waals surface area contributed by atoms with Crippen molar-refractivity contribution in [1.82, 2.24) is 0 Å². The minimum Gasteiger partial charge on any atom is -0.0651 e. The Hall–Kier alpha value is -0.780. The highest BCUT2D eigenvalue weighted by atomic mass is 14.5. The molecule has 4 unspecified atom stereocenters. The first-order valence-electron chi connectivity index (χ1n) is 5.80. The van der Waals surface area contributed by atoms with Crippen molar-refractivity contribution in [2.45, 2.75) is 33.1 Å². The second-order valence-corrected chi connectivity index (χ2v) is 4.76. The molecule has 1 aliphatic carbocycles. The van der Waals surface area contributed by atoms with Crippen molar-refractivity contribution in [2.75, 3.05) is 0 Å². The van der Waals surface area contributed by atoms with Gasteiger partial charge in [0.05, 0.1) is 0 Å². The topological polar surface area (TPSA) is 0 Å². The summed E-state index contributed by atoms with van der Waals surface area (Å²) in [7, 11) is 0. The van der Waals surface area contributed by atoms with Gasteiger partial charge >= 0.3 is 0 Å². The standard InChI is InChI=1S/C14H20/c1-4-10(2)13-11(3)14(13)12-8-6-5-7-9-12/h5-11,13-14H,4H2,1-3H3. The van der Waals surface area contributed by atoms with Crippen molar-refractivity contribution in [2.24, 2.45) is 17.8 Å². The Morgan fingerprint density at radius 2 is 1.86 bits per heavy atom. The number of hydrogen-bond donors (Lipinski definition) is 0. The molecule has 0 aromatic heterocycles. The fraction of sp³-hybridized carbons (Fsp3) is 0.571. The van der Waals surface area contributed by atoms with Crippen LogP contribution in [0.5, 0.6) is 0 Å². The molecule has 0 nitrogen and oxygen atoms in total. The molecule has 2 rings (SSSR count). The van der Waals surface area contributed by atoms with Crippen molar-refractivity contribution < 1.29 is 0 Å². The molecule has 4 atom stereocenters. The Bertz CT molecular complexity index is 288. The van der Waals surface area contributed by atoms with Gasteiger partial charge in [0.1, 0.15) is 0 Å². The maximum absolute atomic E-state index is 2.40. The maximum atomic E-state index is 2.40. The van der Waals surface area contributed by atoms with Gasteiger partial charge in [-0.25, -0.2) is 0 Å². The van der Waals surface area contributed by atoms with Gasteiger partial charge in [-0.1, -0.05) is 57.5 Å². The Labute approximate surface area is 87.3 Å². The van der Waals surface area contributed by atoms with Crippen LogP contribution in [-0.4, -0.2) is 0 Å². The molecule has 0 saturated heterocycles. The van der Waals surface area contributed by atoms with E-state index in [1.807, 2.05) is 0 Å². The summed E-state index contributed by atoms with van der Waals surface area (Å²) >= 11 is 0. The second kappa shape index (κ2) is 3.76.